The molecule has 3 aromatic rings. The van der Waals surface area contributed by atoms with E-state index in [4.69, 9.17) is 28.6 Å². The first-order valence-electron chi connectivity index (χ1n) is 12.8. The molecule has 4 bridgehead atoms. The molecule has 2 aromatic heterocycles. The SMILES string of the molecule is [B]C1([B])CCCN(CCCC(=O)O)c2cccc(n2)S(=O)(=O)Nc2ccc(C(F)(F)F)c(n2)-c2ccccc2C1([B])O. The van der Waals surface area contributed by atoms with E-state index < -0.39 is 55.0 Å². The zero-order valence-corrected chi connectivity index (χ0v) is 23.0. The predicted octanol–water partition coefficient (Wildman–Crippen LogP) is 3.20. The number of aliphatic carboxylic acids is 1. The lowest BCUT2D eigenvalue weighted by Gasteiger charge is -2.44. The minimum Gasteiger partial charge on any atom is -0.481 e. The lowest BCUT2D eigenvalue weighted by molar-refractivity contribution is -0.138. The number of anilines is 2. The van der Waals surface area contributed by atoms with Gasteiger partial charge in [0.2, 0.25) is 0 Å². The minimum absolute atomic E-state index is 0.149. The van der Waals surface area contributed by atoms with Crippen molar-refractivity contribution >= 4 is 51.2 Å². The van der Waals surface area contributed by atoms with Gasteiger partial charge in [-0.05, 0) is 42.7 Å². The molecule has 3 N–H and O–H groups in total. The molecule has 42 heavy (non-hydrogen) atoms. The van der Waals surface area contributed by atoms with E-state index in [0.717, 1.165) is 6.07 Å². The average molecular weight is 594 g/mol. The van der Waals surface area contributed by atoms with Crippen LogP contribution in [-0.4, -0.2) is 71.2 Å². The van der Waals surface area contributed by atoms with Crippen molar-refractivity contribution in [1.29, 1.82) is 0 Å². The largest absolute Gasteiger partial charge is 0.481 e. The molecular formula is C26H24B3F3N4O5S. The second kappa shape index (κ2) is 11.6. The van der Waals surface area contributed by atoms with Crippen LogP contribution in [0.3, 0.4) is 0 Å². The molecule has 1 aliphatic heterocycles. The van der Waals surface area contributed by atoms with Crippen LogP contribution in [0.1, 0.15) is 36.8 Å². The fraction of sp³-hybridized carbons (Fsp3) is 0.346. The monoisotopic (exact) mass is 594 g/mol. The molecule has 16 heteroatoms. The normalized spacial score (nSPS) is 20.2. The lowest BCUT2D eigenvalue weighted by Crippen LogP contribution is -2.43. The van der Waals surface area contributed by atoms with Crippen molar-refractivity contribution in [1.82, 2.24) is 9.97 Å². The van der Waals surface area contributed by atoms with E-state index in [0.29, 0.717) is 6.07 Å². The van der Waals surface area contributed by atoms with Gasteiger partial charge in [-0.2, -0.15) is 21.6 Å². The molecule has 4 rings (SSSR count). The van der Waals surface area contributed by atoms with Gasteiger partial charge in [-0.3, -0.25) is 9.52 Å². The number of nitrogens with zero attached hydrogens (tertiary/aromatic N) is 3. The molecule has 1 atom stereocenters. The number of benzene rings is 1. The van der Waals surface area contributed by atoms with Crippen molar-refractivity contribution < 1.29 is 36.6 Å². The van der Waals surface area contributed by atoms with Gasteiger partial charge in [0.25, 0.3) is 10.0 Å². The van der Waals surface area contributed by atoms with Gasteiger partial charge in [-0.1, -0.05) is 42.0 Å². The standard InChI is InChI=1S/C26H24B3F3N4O5S/c27-24(28)13-5-15-36(14-4-10-22(37)38)20-8-3-9-21(34-20)42(40,41)35-19-12-11-18(26(30,31)32)23(33-19)16-6-1-2-7-17(16)25(24,29)39/h1-3,6-9,11-12,39H,4-5,10,13-15H2,(H,33,35)(H,37,38). The average Bonchev–Trinajstić information content (AvgIpc) is 2.90. The van der Waals surface area contributed by atoms with Crippen LogP contribution in [0.5, 0.6) is 0 Å². The van der Waals surface area contributed by atoms with Crippen LogP contribution in [0, 0.1) is 0 Å². The first-order chi connectivity index (χ1) is 19.5. The third-order valence-electron chi connectivity index (χ3n) is 6.89. The Morgan fingerprint density at radius 2 is 1.76 bits per heavy atom. The van der Waals surface area contributed by atoms with E-state index in [1.54, 1.807) is 4.90 Å². The number of carboxylic acids is 1. The van der Waals surface area contributed by atoms with Gasteiger partial charge in [0, 0.05) is 30.6 Å². The van der Waals surface area contributed by atoms with Crippen molar-refractivity contribution in [2.75, 3.05) is 22.7 Å². The van der Waals surface area contributed by atoms with Crippen LogP contribution in [0.2, 0.25) is 5.21 Å². The van der Waals surface area contributed by atoms with Crippen LogP contribution >= 0.6 is 0 Å². The van der Waals surface area contributed by atoms with Gasteiger partial charge in [-0.25, -0.2) is 9.97 Å². The van der Waals surface area contributed by atoms with E-state index in [1.165, 1.54) is 42.5 Å². The van der Waals surface area contributed by atoms with E-state index >= 15 is 0 Å². The van der Waals surface area contributed by atoms with Crippen LogP contribution < -0.4 is 9.62 Å². The maximum absolute atomic E-state index is 14.1. The van der Waals surface area contributed by atoms with Gasteiger partial charge in [0.05, 0.1) is 26.9 Å². The first kappa shape index (κ1) is 31.4. The summed E-state index contributed by atoms with van der Waals surface area (Å²) in [6.45, 7) is 0.328. The quantitative estimate of drug-likeness (QED) is 0.393. The zero-order chi connectivity index (χ0) is 30.9. The summed E-state index contributed by atoms with van der Waals surface area (Å²) in [4.78, 5) is 20.9. The van der Waals surface area contributed by atoms with E-state index in [2.05, 4.69) is 14.7 Å². The maximum Gasteiger partial charge on any atom is 0.418 e. The van der Waals surface area contributed by atoms with E-state index in [-0.39, 0.29) is 55.7 Å². The highest BCUT2D eigenvalue weighted by atomic mass is 32.2. The second-order valence-electron chi connectivity index (χ2n) is 9.97. The van der Waals surface area contributed by atoms with Gasteiger partial charge in [0.1, 0.15) is 19.5 Å². The highest BCUT2D eigenvalue weighted by Gasteiger charge is 2.42. The summed E-state index contributed by atoms with van der Waals surface area (Å²) in [6, 6.07) is 11.0. The molecule has 0 amide bonds. The molecule has 0 fully saturated rings. The van der Waals surface area contributed by atoms with Gasteiger partial charge < -0.3 is 15.1 Å². The Balaban J connectivity index is 1.92. The highest BCUT2D eigenvalue weighted by Crippen LogP contribution is 2.47. The first-order valence-corrected chi connectivity index (χ1v) is 14.2. The van der Waals surface area contributed by atoms with Crippen LogP contribution in [0.25, 0.3) is 11.3 Å². The number of aliphatic hydroxyl groups is 1. The summed E-state index contributed by atoms with van der Waals surface area (Å²) in [7, 11) is 14.5. The Morgan fingerprint density at radius 3 is 2.45 bits per heavy atom. The summed E-state index contributed by atoms with van der Waals surface area (Å²) >= 11 is 0. The number of sulfonamides is 1. The summed E-state index contributed by atoms with van der Waals surface area (Å²) in [5, 5.41) is 18.0. The zero-order valence-electron chi connectivity index (χ0n) is 22.2. The predicted molar refractivity (Wildman–Crippen MR) is 152 cm³/mol. The van der Waals surface area contributed by atoms with E-state index in [1.807, 2.05) is 0 Å². The number of pyridine rings is 2. The third kappa shape index (κ3) is 6.59. The minimum atomic E-state index is -4.91. The Bertz CT molecular complexity index is 1590. The molecule has 0 saturated carbocycles. The smallest absolute Gasteiger partial charge is 0.418 e. The summed E-state index contributed by atoms with van der Waals surface area (Å²) < 4.78 is 71.0. The number of fused-ring (bicyclic) bond motifs is 6. The summed E-state index contributed by atoms with van der Waals surface area (Å²) in [6.07, 6.45) is -4.86. The summed E-state index contributed by atoms with van der Waals surface area (Å²) in [5.74, 6) is -1.29. The molecule has 1 aromatic carbocycles. The van der Waals surface area contributed by atoms with Crippen molar-refractivity contribution in [2.24, 2.45) is 0 Å². The van der Waals surface area contributed by atoms with Gasteiger partial charge >= 0.3 is 12.1 Å². The Morgan fingerprint density at radius 1 is 1.05 bits per heavy atom. The van der Waals surface area contributed by atoms with E-state index in [9.17, 15) is 31.5 Å². The number of nitrogens with one attached hydrogen (secondary N) is 1. The third-order valence-corrected chi connectivity index (χ3v) is 8.14. The van der Waals surface area contributed by atoms with Crippen molar-refractivity contribution in [3.05, 3.63) is 65.7 Å². The van der Waals surface area contributed by atoms with Crippen molar-refractivity contribution in [3.8, 4) is 11.3 Å². The topological polar surface area (TPSA) is 133 Å². The number of hydrogen-bond donors (Lipinski definition) is 3. The van der Waals surface area contributed by atoms with Crippen LogP contribution in [-0.2, 0) is 26.5 Å². The molecule has 6 radical (unpaired) electrons. The number of rotatable bonds is 4. The van der Waals surface area contributed by atoms with Gasteiger partial charge in [0.15, 0.2) is 5.03 Å². The number of hydrogen-bond acceptors (Lipinski definition) is 7. The Kier molecular flexibility index (Phi) is 8.71. The van der Waals surface area contributed by atoms with Crippen LogP contribution in [0.15, 0.2) is 59.6 Å². The molecule has 1 unspecified atom stereocenters. The lowest BCUT2D eigenvalue weighted by atomic mass is 9.38. The number of carboxylic acid groups (broad SMARTS) is 1. The maximum atomic E-state index is 14.1. The Hall–Kier alpha value is -3.52. The van der Waals surface area contributed by atoms with Gasteiger partial charge in [-0.15, -0.1) is 0 Å². The molecule has 9 nitrogen and oxygen atoms in total. The molecule has 0 saturated heterocycles. The Labute approximate surface area is 244 Å². The molecule has 214 valence electrons. The molecule has 0 spiro atoms. The van der Waals surface area contributed by atoms with Crippen molar-refractivity contribution in [2.45, 2.75) is 47.6 Å². The number of alkyl halides is 3. The van der Waals surface area contributed by atoms with Crippen molar-refractivity contribution in [3.63, 3.8) is 0 Å². The van der Waals surface area contributed by atoms with Crippen LogP contribution in [0.4, 0.5) is 24.8 Å². The fourth-order valence-corrected chi connectivity index (χ4v) is 5.62. The molecular weight excluding hydrogens is 570 g/mol. The second-order valence-corrected chi connectivity index (χ2v) is 11.6. The fourth-order valence-electron chi connectivity index (χ4n) is 4.66. The number of carbonyl (C=O) groups is 1. The number of aromatic nitrogens is 2. The highest BCUT2D eigenvalue weighted by molar-refractivity contribution is 7.92. The molecule has 3 heterocycles. The molecule has 0 aliphatic carbocycles. The summed E-state index contributed by atoms with van der Waals surface area (Å²) in [5.41, 5.74) is -5.03. The molecule has 1 aliphatic rings. The number of halogens is 3.